The number of rotatable bonds is 10. The zero-order valence-electron chi connectivity index (χ0n) is 20.0. The number of ether oxygens (including phenoxy) is 1. The van der Waals surface area contributed by atoms with E-state index in [1.807, 2.05) is 18.2 Å². The molecule has 2 N–H and O–H groups in total. The summed E-state index contributed by atoms with van der Waals surface area (Å²) in [6, 6.07) is 10.2. The summed E-state index contributed by atoms with van der Waals surface area (Å²) in [5, 5.41) is 7.67. The Hall–Kier alpha value is -2.71. The SMILES string of the molecule is CCC(CC)n1c(Cc2cccs2)nc2cc(C(=O)NCC(=O)NCC3CCCCO3)ccc21. The second-order valence-electron chi connectivity index (χ2n) is 8.80. The third-order valence-corrected chi connectivity index (χ3v) is 7.33. The number of amides is 2. The Balaban J connectivity index is 1.44. The van der Waals surface area contributed by atoms with E-state index in [2.05, 4.69) is 46.6 Å². The third-order valence-electron chi connectivity index (χ3n) is 6.46. The monoisotopic (exact) mass is 482 g/mol. The summed E-state index contributed by atoms with van der Waals surface area (Å²) in [5.41, 5.74) is 2.36. The van der Waals surface area contributed by atoms with Crippen LogP contribution in [0.2, 0.25) is 0 Å². The highest BCUT2D eigenvalue weighted by Gasteiger charge is 2.19. The highest BCUT2D eigenvalue weighted by atomic mass is 32.1. The molecule has 1 fully saturated rings. The average molecular weight is 483 g/mol. The van der Waals surface area contributed by atoms with E-state index < -0.39 is 0 Å². The van der Waals surface area contributed by atoms with Crippen molar-refractivity contribution in [2.24, 2.45) is 0 Å². The molecule has 1 saturated heterocycles. The molecule has 8 heteroatoms. The highest BCUT2D eigenvalue weighted by Crippen LogP contribution is 2.28. The van der Waals surface area contributed by atoms with Crippen molar-refractivity contribution >= 4 is 34.2 Å². The molecule has 0 radical (unpaired) electrons. The van der Waals surface area contributed by atoms with E-state index in [1.165, 1.54) is 4.88 Å². The molecule has 7 nitrogen and oxygen atoms in total. The lowest BCUT2D eigenvalue weighted by molar-refractivity contribution is -0.121. The lowest BCUT2D eigenvalue weighted by Crippen LogP contribution is -2.41. The number of benzene rings is 1. The van der Waals surface area contributed by atoms with Gasteiger partial charge in [0.25, 0.3) is 5.91 Å². The first-order valence-electron chi connectivity index (χ1n) is 12.3. The largest absolute Gasteiger partial charge is 0.376 e. The Bertz CT molecular complexity index is 1100. The van der Waals surface area contributed by atoms with Crippen LogP contribution in [0.25, 0.3) is 11.0 Å². The van der Waals surface area contributed by atoms with Crippen LogP contribution in [0.5, 0.6) is 0 Å². The van der Waals surface area contributed by atoms with E-state index in [-0.39, 0.29) is 24.5 Å². The summed E-state index contributed by atoms with van der Waals surface area (Å²) in [4.78, 5) is 31.1. The molecule has 1 aromatic carbocycles. The maximum Gasteiger partial charge on any atom is 0.251 e. The van der Waals surface area contributed by atoms with Crippen LogP contribution in [0, 0.1) is 0 Å². The van der Waals surface area contributed by atoms with E-state index in [1.54, 1.807) is 11.3 Å². The number of aromatic nitrogens is 2. The second kappa shape index (κ2) is 11.6. The molecule has 3 aromatic rings. The number of carbonyl (C=O) groups is 2. The summed E-state index contributed by atoms with van der Waals surface area (Å²) >= 11 is 1.73. The first-order chi connectivity index (χ1) is 16.6. The molecule has 0 bridgehead atoms. The molecule has 1 aliphatic heterocycles. The number of nitrogens with zero attached hydrogens (tertiary/aromatic N) is 2. The minimum atomic E-state index is -0.275. The van der Waals surface area contributed by atoms with E-state index >= 15 is 0 Å². The van der Waals surface area contributed by atoms with Gasteiger partial charge in [-0.1, -0.05) is 19.9 Å². The summed E-state index contributed by atoms with van der Waals surface area (Å²) in [5.74, 6) is 0.538. The van der Waals surface area contributed by atoms with Crippen molar-refractivity contribution in [1.29, 1.82) is 0 Å². The lowest BCUT2D eigenvalue weighted by atomic mass is 10.1. The fourth-order valence-corrected chi connectivity index (χ4v) is 5.27. The summed E-state index contributed by atoms with van der Waals surface area (Å²) in [6.07, 6.45) is 6.05. The van der Waals surface area contributed by atoms with Gasteiger partial charge >= 0.3 is 0 Å². The van der Waals surface area contributed by atoms with E-state index in [0.29, 0.717) is 18.2 Å². The molecule has 1 atom stereocenters. The molecule has 4 rings (SSSR count). The highest BCUT2D eigenvalue weighted by molar-refractivity contribution is 7.09. The predicted molar refractivity (Wildman–Crippen MR) is 135 cm³/mol. The Morgan fingerprint density at radius 1 is 1.21 bits per heavy atom. The number of hydrogen-bond donors (Lipinski definition) is 2. The summed E-state index contributed by atoms with van der Waals surface area (Å²) in [7, 11) is 0. The van der Waals surface area contributed by atoms with Crippen LogP contribution in [0.1, 0.15) is 73.1 Å². The van der Waals surface area contributed by atoms with Crippen molar-refractivity contribution < 1.29 is 14.3 Å². The van der Waals surface area contributed by atoms with Crippen LogP contribution in [0.3, 0.4) is 0 Å². The van der Waals surface area contributed by atoms with Gasteiger partial charge in [0, 0.05) is 36.1 Å². The zero-order chi connectivity index (χ0) is 23.9. The molecule has 0 saturated carbocycles. The standard InChI is InChI=1S/C26H34N4O3S/c1-3-19(4-2)30-23-11-10-18(14-22(23)29-24(30)15-21-9-7-13-34-21)26(32)28-17-25(31)27-16-20-8-5-6-12-33-20/h7,9-11,13-14,19-20H,3-6,8,12,15-17H2,1-2H3,(H,27,31)(H,28,32). The molecule has 34 heavy (non-hydrogen) atoms. The van der Waals surface area contributed by atoms with Gasteiger partial charge in [-0.3, -0.25) is 9.59 Å². The van der Waals surface area contributed by atoms with E-state index in [4.69, 9.17) is 9.72 Å². The lowest BCUT2D eigenvalue weighted by Gasteiger charge is -2.22. The smallest absolute Gasteiger partial charge is 0.251 e. The summed E-state index contributed by atoms with van der Waals surface area (Å²) < 4.78 is 7.96. The molecule has 1 unspecified atom stereocenters. The normalized spacial score (nSPS) is 16.1. The van der Waals surface area contributed by atoms with E-state index in [9.17, 15) is 9.59 Å². The molecule has 0 spiro atoms. The van der Waals surface area contributed by atoms with Crippen LogP contribution in [0.15, 0.2) is 35.7 Å². The van der Waals surface area contributed by atoms with Gasteiger partial charge < -0.3 is 19.9 Å². The molecular formula is C26H34N4O3S. The molecule has 0 aliphatic carbocycles. The van der Waals surface area contributed by atoms with Crippen molar-refractivity contribution in [3.8, 4) is 0 Å². The topological polar surface area (TPSA) is 85.2 Å². The maximum absolute atomic E-state index is 12.7. The number of nitrogens with one attached hydrogen (secondary N) is 2. The first-order valence-corrected chi connectivity index (χ1v) is 13.2. The van der Waals surface area contributed by atoms with Gasteiger partial charge in [0.15, 0.2) is 0 Å². The molecule has 3 heterocycles. The maximum atomic E-state index is 12.7. The number of carbonyl (C=O) groups excluding carboxylic acids is 2. The first kappa shape index (κ1) is 24.4. The predicted octanol–water partition coefficient (Wildman–Crippen LogP) is 4.46. The number of hydrogen-bond acceptors (Lipinski definition) is 5. The zero-order valence-corrected chi connectivity index (χ0v) is 20.8. The molecule has 182 valence electrons. The molecule has 2 amide bonds. The molecular weight excluding hydrogens is 448 g/mol. The van der Waals surface area contributed by atoms with Gasteiger partial charge in [-0.25, -0.2) is 4.98 Å². The van der Waals surface area contributed by atoms with Gasteiger partial charge in [-0.05, 0) is 61.7 Å². The van der Waals surface area contributed by atoms with Gasteiger partial charge in [-0.2, -0.15) is 0 Å². The van der Waals surface area contributed by atoms with Gasteiger partial charge in [0.2, 0.25) is 5.91 Å². The summed E-state index contributed by atoms with van der Waals surface area (Å²) in [6.45, 7) is 5.57. The van der Waals surface area contributed by atoms with Crippen LogP contribution in [-0.2, 0) is 16.0 Å². The fraction of sp³-hybridized carbons (Fsp3) is 0.500. The van der Waals surface area contributed by atoms with Crippen LogP contribution >= 0.6 is 11.3 Å². The Morgan fingerprint density at radius 2 is 2.06 bits per heavy atom. The van der Waals surface area contributed by atoms with Crippen LogP contribution in [0.4, 0.5) is 0 Å². The third kappa shape index (κ3) is 5.85. The Labute approximate surface area is 204 Å². The minimum Gasteiger partial charge on any atom is -0.376 e. The molecule has 2 aromatic heterocycles. The number of thiophene rings is 1. The van der Waals surface area contributed by atoms with Crippen molar-refractivity contribution in [1.82, 2.24) is 20.2 Å². The number of fused-ring (bicyclic) bond motifs is 1. The quantitative estimate of drug-likeness (QED) is 0.447. The van der Waals surface area contributed by atoms with Crippen LogP contribution < -0.4 is 10.6 Å². The van der Waals surface area contributed by atoms with Gasteiger partial charge in [0.05, 0.1) is 23.7 Å². The van der Waals surface area contributed by atoms with Crippen molar-refractivity contribution in [3.63, 3.8) is 0 Å². The minimum absolute atomic E-state index is 0.0601. The van der Waals surface area contributed by atoms with Crippen molar-refractivity contribution in [2.45, 2.75) is 64.5 Å². The van der Waals surface area contributed by atoms with Gasteiger partial charge in [0.1, 0.15) is 5.82 Å². The average Bonchev–Trinajstić information content (AvgIpc) is 3.50. The molecule has 1 aliphatic rings. The van der Waals surface area contributed by atoms with Crippen LogP contribution in [-0.4, -0.2) is 47.2 Å². The van der Waals surface area contributed by atoms with E-state index in [0.717, 1.165) is 62.0 Å². The van der Waals surface area contributed by atoms with Gasteiger partial charge in [-0.15, -0.1) is 11.3 Å². The Morgan fingerprint density at radius 3 is 2.76 bits per heavy atom. The number of imidazole rings is 1. The van der Waals surface area contributed by atoms with Crippen molar-refractivity contribution in [2.75, 3.05) is 19.7 Å². The Kier molecular flexibility index (Phi) is 8.34. The van der Waals surface area contributed by atoms with Crippen molar-refractivity contribution in [3.05, 3.63) is 52.0 Å². The second-order valence-corrected chi connectivity index (χ2v) is 9.84. The fourth-order valence-electron chi connectivity index (χ4n) is 4.57.